The normalized spacial score (nSPS) is 24.5. The molecule has 1 saturated carbocycles. The first-order chi connectivity index (χ1) is 10.6. The molecule has 0 aromatic heterocycles. The van der Waals surface area contributed by atoms with E-state index in [0.29, 0.717) is 25.4 Å². The highest BCUT2D eigenvalue weighted by atomic mass is 16.4. The van der Waals surface area contributed by atoms with E-state index >= 15 is 0 Å². The number of carboxylic acids is 1. The van der Waals surface area contributed by atoms with Crippen molar-refractivity contribution in [3.63, 3.8) is 0 Å². The first kappa shape index (κ1) is 15.1. The van der Waals surface area contributed by atoms with Crippen molar-refractivity contribution in [2.45, 2.75) is 32.6 Å². The molecule has 2 atom stereocenters. The number of hydrogen-bond acceptors (Lipinski definition) is 2. The predicted octanol–water partition coefficient (Wildman–Crippen LogP) is 2.50. The largest absolute Gasteiger partial charge is 0.481 e. The van der Waals surface area contributed by atoms with Crippen LogP contribution in [0.4, 0.5) is 0 Å². The van der Waals surface area contributed by atoms with Gasteiger partial charge in [0.15, 0.2) is 0 Å². The standard InChI is InChI=1S/C18H23NO3/c1-12-4-2-3-5-13(12)8-9-17(20)19-10-15(14-6-7-14)16(11-19)18(21)22/h2-5,14-16H,6-11H2,1H3,(H,21,22)/t15-,16+/m1/s1. The second kappa shape index (κ2) is 6.11. The molecule has 1 saturated heterocycles. The molecule has 0 radical (unpaired) electrons. The monoisotopic (exact) mass is 301 g/mol. The van der Waals surface area contributed by atoms with Crippen LogP contribution in [0.5, 0.6) is 0 Å². The Morgan fingerprint density at radius 3 is 2.59 bits per heavy atom. The molecule has 118 valence electrons. The number of benzene rings is 1. The van der Waals surface area contributed by atoms with E-state index in [1.54, 1.807) is 4.90 Å². The van der Waals surface area contributed by atoms with Crippen LogP contribution < -0.4 is 0 Å². The number of nitrogens with zero attached hydrogens (tertiary/aromatic N) is 1. The summed E-state index contributed by atoms with van der Waals surface area (Å²) in [6.45, 7) is 3.08. The van der Waals surface area contributed by atoms with Gasteiger partial charge in [-0.3, -0.25) is 9.59 Å². The molecule has 0 spiro atoms. The fourth-order valence-corrected chi connectivity index (χ4v) is 3.59. The van der Waals surface area contributed by atoms with Gasteiger partial charge in [-0.25, -0.2) is 0 Å². The number of likely N-dealkylation sites (tertiary alicyclic amines) is 1. The van der Waals surface area contributed by atoms with E-state index < -0.39 is 5.97 Å². The summed E-state index contributed by atoms with van der Waals surface area (Å²) in [6.07, 6.45) is 3.45. The van der Waals surface area contributed by atoms with Crippen LogP contribution in [0.25, 0.3) is 0 Å². The lowest BCUT2D eigenvalue weighted by Gasteiger charge is -2.16. The van der Waals surface area contributed by atoms with E-state index in [1.807, 2.05) is 12.1 Å². The number of amides is 1. The van der Waals surface area contributed by atoms with Crippen LogP contribution >= 0.6 is 0 Å². The molecule has 1 amide bonds. The maximum absolute atomic E-state index is 12.4. The Bertz CT molecular complexity index is 579. The van der Waals surface area contributed by atoms with Crippen molar-refractivity contribution < 1.29 is 14.7 Å². The molecule has 3 rings (SSSR count). The van der Waals surface area contributed by atoms with Crippen LogP contribution in [0.2, 0.25) is 0 Å². The van der Waals surface area contributed by atoms with Crippen molar-refractivity contribution in [2.24, 2.45) is 17.8 Å². The zero-order chi connectivity index (χ0) is 15.7. The van der Waals surface area contributed by atoms with Crippen molar-refractivity contribution in [2.75, 3.05) is 13.1 Å². The predicted molar refractivity (Wildman–Crippen MR) is 83.4 cm³/mol. The summed E-state index contributed by atoms with van der Waals surface area (Å²) < 4.78 is 0. The fraction of sp³-hybridized carbons (Fsp3) is 0.556. The minimum Gasteiger partial charge on any atom is -0.481 e. The van der Waals surface area contributed by atoms with Gasteiger partial charge in [0.25, 0.3) is 0 Å². The van der Waals surface area contributed by atoms with Crippen molar-refractivity contribution >= 4 is 11.9 Å². The van der Waals surface area contributed by atoms with Crippen LogP contribution in [0.3, 0.4) is 0 Å². The summed E-state index contributed by atoms with van der Waals surface area (Å²) in [7, 11) is 0. The number of carbonyl (C=O) groups is 2. The lowest BCUT2D eigenvalue weighted by atomic mass is 9.92. The zero-order valence-corrected chi connectivity index (χ0v) is 13.0. The van der Waals surface area contributed by atoms with Gasteiger partial charge in [-0.15, -0.1) is 0 Å². The molecule has 2 fully saturated rings. The topological polar surface area (TPSA) is 57.6 Å². The van der Waals surface area contributed by atoms with Crippen molar-refractivity contribution in [3.05, 3.63) is 35.4 Å². The Labute approximate surface area is 131 Å². The third kappa shape index (κ3) is 3.16. The molecule has 1 heterocycles. The number of carboxylic acid groups (broad SMARTS) is 1. The number of aliphatic carboxylic acids is 1. The molecule has 1 aliphatic carbocycles. The van der Waals surface area contributed by atoms with E-state index in [4.69, 9.17) is 0 Å². The highest BCUT2D eigenvalue weighted by Gasteiger charge is 2.46. The Morgan fingerprint density at radius 1 is 1.23 bits per heavy atom. The van der Waals surface area contributed by atoms with Crippen LogP contribution in [0, 0.1) is 24.7 Å². The third-order valence-electron chi connectivity index (χ3n) is 5.13. The first-order valence-electron chi connectivity index (χ1n) is 8.11. The molecule has 22 heavy (non-hydrogen) atoms. The Morgan fingerprint density at radius 2 is 1.95 bits per heavy atom. The molecule has 1 aromatic rings. The van der Waals surface area contributed by atoms with Crippen LogP contribution in [-0.4, -0.2) is 35.0 Å². The molecular formula is C18H23NO3. The van der Waals surface area contributed by atoms with E-state index in [1.165, 1.54) is 11.1 Å². The molecule has 4 nitrogen and oxygen atoms in total. The number of carbonyl (C=O) groups excluding carboxylic acids is 1. The van der Waals surface area contributed by atoms with E-state index in [2.05, 4.69) is 19.1 Å². The maximum Gasteiger partial charge on any atom is 0.308 e. The molecular weight excluding hydrogens is 278 g/mol. The molecule has 1 aromatic carbocycles. The smallest absolute Gasteiger partial charge is 0.308 e. The van der Waals surface area contributed by atoms with Gasteiger partial charge in [-0.2, -0.15) is 0 Å². The maximum atomic E-state index is 12.4. The Hall–Kier alpha value is -1.84. The highest BCUT2D eigenvalue weighted by Crippen LogP contribution is 2.44. The highest BCUT2D eigenvalue weighted by molar-refractivity contribution is 5.79. The molecule has 4 heteroatoms. The molecule has 0 unspecified atom stereocenters. The number of hydrogen-bond donors (Lipinski definition) is 1. The van der Waals surface area contributed by atoms with E-state index in [-0.39, 0.29) is 17.7 Å². The fourth-order valence-electron chi connectivity index (χ4n) is 3.59. The summed E-state index contributed by atoms with van der Waals surface area (Å²) in [4.78, 5) is 25.6. The first-order valence-corrected chi connectivity index (χ1v) is 8.11. The SMILES string of the molecule is Cc1ccccc1CCC(=O)N1C[C@H](C(=O)O)[C@@H](C2CC2)C1. The summed E-state index contributed by atoms with van der Waals surface area (Å²) in [5, 5.41) is 9.37. The van der Waals surface area contributed by atoms with Gasteiger partial charge < -0.3 is 10.0 Å². The quantitative estimate of drug-likeness (QED) is 0.909. The summed E-state index contributed by atoms with van der Waals surface area (Å²) >= 11 is 0. The number of rotatable bonds is 5. The van der Waals surface area contributed by atoms with Gasteiger partial charge in [-0.05, 0) is 49.1 Å². The summed E-state index contributed by atoms with van der Waals surface area (Å²) in [5.41, 5.74) is 2.40. The average Bonchev–Trinajstić information content (AvgIpc) is 3.24. The van der Waals surface area contributed by atoms with Gasteiger partial charge in [0, 0.05) is 19.5 Å². The molecule has 2 aliphatic rings. The number of aryl methyl sites for hydroxylation is 2. The van der Waals surface area contributed by atoms with Gasteiger partial charge in [0.2, 0.25) is 5.91 Å². The zero-order valence-electron chi connectivity index (χ0n) is 13.0. The minimum absolute atomic E-state index is 0.0950. The summed E-state index contributed by atoms with van der Waals surface area (Å²) in [6, 6.07) is 8.10. The second-order valence-corrected chi connectivity index (χ2v) is 6.67. The van der Waals surface area contributed by atoms with Gasteiger partial charge in [0.1, 0.15) is 0 Å². The van der Waals surface area contributed by atoms with Gasteiger partial charge >= 0.3 is 5.97 Å². The van der Waals surface area contributed by atoms with Crippen molar-refractivity contribution in [1.29, 1.82) is 0 Å². The third-order valence-corrected chi connectivity index (χ3v) is 5.13. The second-order valence-electron chi connectivity index (χ2n) is 6.67. The minimum atomic E-state index is -0.744. The lowest BCUT2D eigenvalue weighted by molar-refractivity contribution is -0.142. The van der Waals surface area contributed by atoms with Crippen LogP contribution in [-0.2, 0) is 16.0 Å². The average molecular weight is 301 g/mol. The Balaban J connectivity index is 1.59. The van der Waals surface area contributed by atoms with Crippen LogP contribution in [0.15, 0.2) is 24.3 Å². The Kier molecular flexibility index (Phi) is 4.19. The van der Waals surface area contributed by atoms with E-state index in [9.17, 15) is 14.7 Å². The molecule has 0 bridgehead atoms. The van der Waals surface area contributed by atoms with Crippen molar-refractivity contribution in [1.82, 2.24) is 4.90 Å². The van der Waals surface area contributed by atoms with E-state index in [0.717, 1.165) is 19.3 Å². The lowest BCUT2D eigenvalue weighted by Crippen LogP contribution is -2.30. The summed E-state index contributed by atoms with van der Waals surface area (Å²) in [5.74, 6) is -0.325. The van der Waals surface area contributed by atoms with Crippen LogP contribution in [0.1, 0.15) is 30.4 Å². The van der Waals surface area contributed by atoms with Gasteiger partial charge in [-0.1, -0.05) is 24.3 Å². The van der Waals surface area contributed by atoms with Gasteiger partial charge in [0.05, 0.1) is 5.92 Å². The molecule has 1 aliphatic heterocycles. The van der Waals surface area contributed by atoms with Crippen molar-refractivity contribution in [3.8, 4) is 0 Å². The molecule has 1 N–H and O–H groups in total.